The fourth-order valence-corrected chi connectivity index (χ4v) is 4.26. The zero-order valence-corrected chi connectivity index (χ0v) is 19.1. The lowest BCUT2D eigenvalue weighted by Crippen LogP contribution is -2.32. The van der Waals surface area contributed by atoms with E-state index >= 15 is 0 Å². The van der Waals surface area contributed by atoms with Crippen LogP contribution in [0.2, 0.25) is 0 Å². The molecule has 1 aliphatic rings. The molecule has 0 aliphatic carbocycles. The average Bonchev–Trinajstić information content (AvgIpc) is 3.09. The highest BCUT2D eigenvalue weighted by molar-refractivity contribution is 6.36. The van der Waals surface area contributed by atoms with Crippen molar-refractivity contribution in [2.45, 2.75) is 13.5 Å². The third kappa shape index (κ3) is 4.42. The van der Waals surface area contributed by atoms with Crippen LogP contribution in [0.25, 0.3) is 16.3 Å². The maximum atomic E-state index is 13.6. The van der Waals surface area contributed by atoms with Crippen molar-refractivity contribution in [1.29, 1.82) is 0 Å². The summed E-state index contributed by atoms with van der Waals surface area (Å²) in [6.45, 7) is 1.61. The topological polar surface area (TPSA) is 78.5 Å². The highest BCUT2D eigenvalue weighted by Gasteiger charge is 2.39. The van der Waals surface area contributed by atoms with Crippen LogP contribution >= 0.6 is 0 Å². The van der Waals surface area contributed by atoms with Crippen LogP contribution in [0, 0.1) is 0 Å². The van der Waals surface area contributed by atoms with Gasteiger partial charge in [-0.15, -0.1) is 0 Å². The normalized spacial score (nSPS) is 13.5. The fourth-order valence-electron chi connectivity index (χ4n) is 4.26. The molecule has 35 heavy (non-hydrogen) atoms. The van der Waals surface area contributed by atoms with Crippen molar-refractivity contribution in [1.82, 2.24) is 4.90 Å². The van der Waals surface area contributed by atoms with Gasteiger partial charge < -0.3 is 10.6 Å². The molecule has 0 atom stereocenters. The van der Waals surface area contributed by atoms with Gasteiger partial charge in [-0.1, -0.05) is 78.9 Å². The first-order valence-corrected chi connectivity index (χ1v) is 11.3. The number of imide groups is 1. The Morgan fingerprint density at radius 3 is 2.20 bits per heavy atom. The molecule has 6 heteroatoms. The Balaban J connectivity index is 1.57. The lowest BCUT2D eigenvalue weighted by molar-refractivity contribution is -0.137. The van der Waals surface area contributed by atoms with Crippen molar-refractivity contribution < 1.29 is 14.4 Å². The molecule has 4 aromatic rings. The summed E-state index contributed by atoms with van der Waals surface area (Å²) in [6.07, 6.45) is 0. The zero-order valence-electron chi connectivity index (χ0n) is 19.1. The summed E-state index contributed by atoms with van der Waals surface area (Å²) in [7, 11) is 0. The molecule has 0 aromatic heterocycles. The predicted molar refractivity (Wildman–Crippen MR) is 137 cm³/mol. The molecule has 5 rings (SSSR count). The summed E-state index contributed by atoms with van der Waals surface area (Å²) in [4.78, 5) is 39.8. The van der Waals surface area contributed by atoms with Gasteiger partial charge in [0.25, 0.3) is 11.8 Å². The van der Waals surface area contributed by atoms with E-state index in [0.717, 1.165) is 22.0 Å². The molecule has 0 fully saturated rings. The molecule has 0 unspecified atom stereocenters. The fraction of sp³-hybridized carbons (Fsp3) is 0.0690. The van der Waals surface area contributed by atoms with E-state index in [1.165, 1.54) is 11.8 Å². The molecule has 172 valence electrons. The average molecular weight is 462 g/mol. The van der Waals surface area contributed by atoms with Crippen LogP contribution in [0.5, 0.6) is 0 Å². The third-order valence-electron chi connectivity index (χ3n) is 5.89. The molecule has 1 heterocycles. The molecular weight excluding hydrogens is 438 g/mol. The lowest BCUT2D eigenvalue weighted by atomic mass is 10.0. The number of anilines is 2. The van der Waals surface area contributed by atoms with Gasteiger partial charge in [-0.25, -0.2) is 0 Å². The number of nitrogens with zero attached hydrogens (tertiary/aromatic N) is 1. The Bertz CT molecular complexity index is 1470. The van der Waals surface area contributed by atoms with Gasteiger partial charge in [-0.2, -0.15) is 0 Å². The Hall–Kier alpha value is -4.71. The standard InChI is InChI=1S/C29H23N3O3/c1-19(33)30-23-16-14-22(15-17-23)26-27(31-25-13-7-11-21-10-5-6-12-24(21)25)29(35)32(28(26)34)18-20-8-3-2-4-9-20/h2-17,31H,18H2,1H3,(H,30,33). The van der Waals surface area contributed by atoms with Gasteiger partial charge in [0.1, 0.15) is 5.70 Å². The van der Waals surface area contributed by atoms with Crippen molar-refractivity contribution in [3.8, 4) is 0 Å². The van der Waals surface area contributed by atoms with Crippen molar-refractivity contribution in [2.75, 3.05) is 10.6 Å². The van der Waals surface area contributed by atoms with Gasteiger partial charge >= 0.3 is 0 Å². The van der Waals surface area contributed by atoms with Gasteiger partial charge in [0, 0.05) is 23.7 Å². The molecule has 2 N–H and O–H groups in total. The number of amides is 3. The maximum absolute atomic E-state index is 13.6. The summed E-state index contributed by atoms with van der Waals surface area (Å²) >= 11 is 0. The van der Waals surface area contributed by atoms with Crippen LogP contribution in [0.15, 0.2) is 103 Å². The van der Waals surface area contributed by atoms with E-state index in [4.69, 9.17) is 0 Å². The molecule has 4 aromatic carbocycles. The van der Waals surface area contributed by atoms with Crippen LogP contribution in [-0.2, 0) is 20.9 Å². The number of hydrogen-bond donors (Lipinski definition) is 2. The smallest absolute Gasteiger partial charge is 0.278 e. The first kappa shape index (κ1) is 22.1. The van der Waals surface area contributed by atoms with Gasteiger partial charge in [0.15, 0.2) is 0 Å². The van der Waals surface area contributed by atoms with Crippen LogP contribution in [0.1, 0.15) is 18.1 Å². The third-order valence-corrected chi connectivity index (χ3v) is 5.89. The molecule has 0 saturated carbocycles. The number of hydrogen-bond acceptors (Lipinski definition) is 4. The highest BCUT2D eigenvalue weighted by Crippen LogP contribution is 2.34. The molecule has 0 bridgehead atoms. The van der Waals surface area contributed by atoms with Crippen molar-refractivity contribution in [3.05, 3.63) is 114 Å². The number of rotatable bonds is 6. The Morgan fingerprint density at radius 2 is 1.46 bits per heavy atom. The van der Waals surface area contributed by atoms with Gasteiger partial charge in [-0.05, 0) is 34.7 Å². The van der Waals surface area contributed by atoms with Crippen molar-refractivity contribution in [2.24, 2.45) is 0 Å². The van der Waals surface area contributed by atoms with Crippen LogP contribution in [0.4, 0.5) is 11.4 Å². The van der Waals surface area contributed by atoms with Crippen LogP contribution in [-0.4, -0.2) is 22.6 Å². The van der Waals surface area contributed by atoms with Gasteiger partial charge in [0.2, 0.25) is 5.91 Å². The van der Waals surface area contributed by atoms with Crippen molar-refractivity contribution in [3.63, 3.8) is 0 Å². The second kappa shape index (κ2) is 9.27. The van der Waals surface area contributed by atoms with E-state index in [0.29, 0.717) is 16.8 Å². The predicted octanol–water partition coefficient (Wildman–Crippen LogP) is 5.19. The summed E-state index contributed by atoms with van der Waals surface area (Å²) in [6, 6.07) is 30.0. The van der Waals surface area contributed by atoms with E-state index < -0.39 is 0 Å². The minimum absolute atomic E-state index is 0.173. The summed E-state index contributed by atoms with van der Waals surface area (Å²) in [5, 5.41) is 7.97. The molecule has 0 spiro atoms. The molecule has 1 aliphatic heterocycles. The van der Waals surface area contributed by atoms with Crippen LogP contribution < -0.4 is 10.6 Å². The molecule has 0 saturated heterocycles. The van der Waals surface area contributed by atoms with Crippen LogP contribution in [0.3, 0.4) is 0 Å². The van der Waals surface area contributed by atoms with E-state index in [9.17, 15) is 14.4 Å². The van der Waals surface area contributed by atoms with E-state index in [-0.39, 0.29) is 30.0 Å². The quantitative estimate of drug-likeness (QED) is 0.388. The van der Waals surface area contributed by atoms with E-state index in [1.54, 1.807) is 24.3 Å². The largest absolute Gasteiger partial charge is 0.350 e. The minimum atomic E-state index is -0.382. The first-order valence-electron chi connectivity index (χ1n) is 11.3. The number of carbonyl (C=O) groups is 3. The number of carbonyl (C=O) groups excluding carboxylic acids is 3. The summed E-state index contributed by atoms with van der Waals surface area (Å²) in [5.41, 5.74) is 3.34. The molecular formula is C29H23N3O3. The van der Waals surface area contributed by atoms with Gasteiger partial charge in [-0.3, -0.25) is 19.3 Å². The molecule has 6 nitrogen and oxygen atoms in total. The molecule has 3 amide bonds. The number of benzene rings is 4. The number of fused-ring (bicyclic) bond motifs is 1. The maximum Gasteiger partial charge on any atom is 0.278 e. The highest BCUT2D eigenvalue weighted by atomic mass is 16.2. The zero-order chi connectivity index (χ0) is 24.4. The summed E-state index contributed by atoms with van der Waals surface area (Å²) in [5.74, 6) is -0.932. The summed E-state index contributed by atoms with van der Waals surface area (Å²) < 4.78 is 0. The Morgan fingerprint density at radius 1 is 0.771 bits per heavy atom. The second-order valence-corrected chi connectivity index (χ2v) is 8.34. The van der Waals surface area contributed by atoms with Gasteiger partial charge in [0.05, 0.1) is 12.1 Å². The monoisotopic (exact) mass is 461 g/mol. The van der Waals surface area contributed by atoms with E-state index in [2.05, 4.69) is 10.6 Å². The SMILES string of the molecule is CC(=O)Nc1ccc(C2=C(Nc3cccc4ccccc34)C(=O)N(Cc3ccccc3)C2=O)cc1. The number of nitrogens with one attached hydrogen (secondary N) is 2. The van der Waals surface area contributed by atoms with Crippen molar-refractivity contribution >= 4 is 45.4 Å². The molecule has 0 radical (unpaired) electrons. The minimum Gasteiger partial charge on any atom is -0.350 e. The van der Waals surface area contributed by atoms with E-state index in [1.807, 2.05) is 72.8 Å². The Kier molecular flexibility index (Phi) is 5.85. The Labute approximate surface area is 202 Å². The second-order valence-electron chi connectivity index (χ2n) is 8.34. The first-order chi connectivity index (χ1) is 17.0. The lowest BCUT2D eigenvalue weighted by Gasteiger charge is -2.16.